The van der Waals surface area contributed by atoms with Gasteiger partial charge in [-0.15, -0.1) is 0 Å². The first-order chi connectivity index (χ1) is 29.8. The van der Waals surface area contributed by atoms with E-state index in [4.69, 9.17) is 0 Å². The molecule has 2 heteroatoms. The number of para-hydroxylation sites is 1. The maximum Gasteiger partial charge on any atom is 0.0562 e. The average Bonchev–Trinajstić information content (AvgIpc) is 3.66. The predicted octanol–water partition coefficient (Wildman–Crippen LogP) is 16.1. The van der Waals surface area contributed by atoms with Gasteiger partial charge in [-0.3, -0.25) is 0 Å². The summed E-state index contributed by atoms with van der Waals surface area (Å²) in [5.41, 5.74) is 16.2. The van der Waals surface area contributed by atoms with E-state index in [0.717, 1.165) is 39.4 Å². The van der Waals surface area contributed by atoms with E-state index >= 15 is 0 Å². The molecule has 0 radical (unpaired) electrons. The monoisotopic (exact) mass is 764 g/mol. The van der Waals surface area contributed by atoms with Crippen molar-refractivity contribution >= 4 is 49.6 Å². The van der Waals surface area contributed by atoms with Crippen molar-refractivity contribution in [2.75, 3.05) is 4.90 Å². The normalized spacial score (nSPS) is 11.3. The van der Waals surface area contributed by atoms with Crippen LogP contribution in [0.5, 0.6) is 0 Å². The van der Waals surface area contributed by atoms with Crippen LogP contribution in [0.1, 0.15) is 0 Å². The molecule has 0 aliphatic carbocycles. The van der Waals surface area contributed by atoms with E-state index in [-0.39, 0.29) is 0 Å². The maximum atomic E-state index is 2.48. The Bertz CT molecular complexity index is 3280. The summed E-state index contributed by atoms with van der Waals surface area (Å²) in [7, 11) is 0. The molecule has 1 heterocycles. The van der Waals surface area contributed by atoms with E-state index in [1.165, 1.54) is 60.4 Å². The summed E-state index contributed by atoms with van der Waals surface area (Å²) in [5, 5.41) is 4.87. The average molecular weight is 765 g/mol. The Morgan fingerprint density at radius 3 is 1.43 bits per heavy atom. The molecule has 0 fully saturated rings. The Morgan fingerprint density at radius 2 is 0.767 bits per heavy atom. The molecular weight excluding hydrogens is 725 g/mol. The molecule has 282 valence electrons. The van der Waals surface area contributed by atoms with Crippen LogP contribution in [0.4, 0.5) is 17.1 Å². The molecule has 11 aromatic rings. The third-order valence-electron chi connectivity index (χ3n) is 11.8. The van der Waals surface area contributed by atoms with Gasteiger partial charge in [-0.25, -0.2) is 0 Å². The van der Waals surface area contributed by atoms with Crippen molar-refractivity contribution in [3.63, 3.8) is 0 Å². The molecular formula is C58H40N2. The molecule has 0 spiro atoms. The van der Waals surface area contributed by atoms with Crippen LogP contribution in [-0.2, 0) is 0 Å². The van der Waals surface area contributed by atoms with Crippen LogP contribution < -0.4 is 4.90 Å². The van der Waals surface area contributed by atoms with Crippen LogP contribution in [0, 0.1) is 0 Å². The zero-order valence-corrected chi connectivity index (χ0v) is 33.0. The number of anilines is 3. The smallest absolute Gasteiger partial charge is 0.0562 e. The summed E-state index contributed by atoms with van der Waals surface area (Å²) in [6.07, 6.45) is 0. The fourth-order valence-corrected chi connectivity index (χ4v) is 8.87. The number of nitrogens with zero attached hydrogens (tertiary/aromatic N) is 2. The zero-order valence-electron chi connectivity index (χ0n) is 33.0. The molecule has 0 amide bonds. The van der Waals surface area contributed by atoms with Crippen LogP contribution >= 0.6 is 0 Å². The van der Waals surface area contributed by atoms with E-state index in [2.05, 4.69) is 252 Å². The quantitative estimate of drug-likeness (QED) is 0.150. The van der Waals surface area contributed by atoms with Crippen LogP contribution in [0.25, 0.3) is 82.8 Å². The van der Waals surface area contributed by atoms with Gasteiger partial charge >= 0.3 is 0 Å². The lowest BCUT2D eigenvalue weighted by molar-refractivity contribution is 1.18. The van der Waals surface area contributed by atoms with Gasteiger partial charge in [0.2, 0.25) is 0 Å². The summed E-state index contributed by atoms with van der Waals surface area (Å²) in [5.74, 6) is 0. The molecule has 0 N–H and O–H groups in total. The van der Waals surface area contributed by atoms with Crippen LogP contribution in [0.15, 0.2) is 243 Å². The minimum atomic E-state index is 1.07. The lowest BCUT2D eigenvalue weighted by Crippen LogP contribution is -2.11. The van der Waals surface area contributed by atoms with Crippen molar-refractivity contribution in [1.82, 2.24) is 4.57 Å². The van der Waals surface area contributed by atoms with Crippen LogP contribution in [0.3, 0.4) is 0 Å². The molecule has 0 saturated heterocycles. The van der Waals surface area contributed by atoms with Gasteiger partial charge in [0.15, 0.2) is 0 Å². The minimum absolute atomic E-state index is 1.07. The second kappa shape index (κ2) is 15.1. The van der Waals surface area contributed by atoms with Crippen LogP contribution in [0.2, 0.25) is 0 Å². The van der Waals surface area contributed by atoms with Crippen molar-refractivity contribution in [1.29, 1.82) is 0 Å². The highest BCUT2D eigenvalue weighted by molar-refractivity contribution is 6.11. The van der Waals surface area contributed by atoms with Crippen molar-refractivity contribution < 1.29 is 0 Å². The number of hydrogen-bond acceptors (Lipinski definition) is 1. The van der Waals surface area contributed by atoms with Crippen molar-refractivity contribution in [3.8, 4) is 50.2 Å². The van der Waals surface area contributed by atoms with Gasteiger partial charge in [0.1, 0.15) is 0 Å². The fourth-order valence-electron chi connectivity index (χ4n) is 8.87. The Kier molecular flexibility index (Phi) is 8.87. The Labute approximate surface area is 350 Å². The van der Waals surface area contributed by atoms with E-state index in [0.29, 0.717) is 0 Å². The number of hydrogen-bond donors (Lipinski definition) is 0. The Balaban J connectivity index is 1.18. The fraction of sp³-hybridized carbons (Fsp3) is 0. The summed E-state index contributed by atoms with van der Waals surface area (Å²) >= 11 is 0. The first-order valence-corrected chi connectivity index (χ1v) is 20.6. The minimum Gasteiger partial charge on any atom is -0.310 e. The van der Waals surface area contributed by atoms with Crippen LogP contribution in [-0.4, -0.2) is 4.57 Å². The lowest BCUT2D eigenvalue weighted by atomic mass is 9.96. The molecule has 0 aliphatic heterocycles. The Morgan fingerprint density at radius 1 is 0.283 bits per heavy atom. The summed E-state index contributed by atoms with van der Waals surface area (Å²) in [6.45, 7) is 0. The highest BCUT2D eigenvalue weighted by atomic mass is 15.1. The van der Waals surface area contributed by atoms with Gasteiger partial charge in [0.05, 0.1) is 22.4 Å². The first kappa shape index (κ1) is 35.2. The molecule has 2 nitrogen and oxygen atoms in total. The SMILES string of the molecule is c1ccc(-c2ccc(N(c3ccc4c5ccccc5n(-c5cc6ccccc6cc5-c5ccccc5)c4c3)c3ccc(-c4ccccc4)cc3-c3ccccc3)cc2)cc1. The van der Waals surface area contributed by atoms with E-state index < -0.39 is 0 Å². The molecule has 11 rings (SSSR count). The summed E-state index contributed by atoms with van der Waals surface area (Å²) < 4.78 is 2.48. The van der Waals surface area contributed by atoms with Gasteiger partial charge in [-0.1, -0.05) is 188 Å². The molecule has 0 saturated carbocycles. The molecule has 0 bridgehead atoms. The van der Waals surface area contributed by atoms with Gasteiger partial charge in [-0.2, -0.15) is 0 Å². The maximum absolute atomic E-state index is 2.48. The molecule has 0 atom stereocenters. The van der Waals surface area contributed by atoms with Gasteiger partial charge in [0.25, 0.3) is 0 Å². The topological polar surface area (TPSA) is 8.17 Å². The third kappa shape index (κ3) is 6.32. The molecule has 60 heavy (non-hydrogen) atoms. The highest BCUT2D eigenvalue weighted by Gasteiger charge is 2.22. The van der Waals surface area contributed by atoms with Gasteiger partial charge < -0.3 is 9.47 Å². The number of rotatable bonds is 8. The second-order valence-electron chi connectivity index (χ2n) is 15.3. The van der Waals surface area contributed by atoms with E-state index in [1.54, 1.807) is 0 Å². The van der Waals surface area contributed by atoms with Gasteiger partial charge in [0, 0.05) is 33.3 Å². The highest BCUT2D eigenvalue weighted by Crippen LogP contribution is 2.46. The zero-order chi connectivity index (χ0) is 39.8. The lowest BCUT2D eigenvalue weighted by Gasteiger charge is -2.29. The molecule has 10 aromatic carbocycles. The Hall–Kier alpha value is -7.94. The van der Waals surface area contributed by atoms with Gasteiger partial charge in [-0.05, 0) is 98.8 Å². The third-order valence-corrected chi connectivity index (χ3v) is 11.8. The second-order valence-corrected chi connectivity index (χ2v) is 15.3. The number of benzene rings is 10. The van der Waals surface area contributed by atoms with Crippen molar-refractivity contribution in [3.05, 3.63) is 243 Å². The number of aromatic nitrogens is 1. The molecule has 0 aliphatic rings. The first-order valence-electron chi connectivity index (χ1n) is 20.6. The largest absolute Gasteiger partial charge is 0.310 e. The van der Waals surface area contributed by atoms with Crippen molar-refractivity contribution in [2.45, 2.75) is 0 Å². The van der Waals surface area contributed by atoms with E-state index in [9.17, 15) is 0 Å². The summed E-state index contributed by atoms with van der Waals surface area (Å²) in [4.78, 5) is 2.44. The number of fused-ring (bicyclic) bond motifs is 4. The standard InChI is InChI=1S/C58H40N2/c1-5-17-41(18-6-1)43-29-32-49(33-30-43)59(56-36-31-48(42-19-7-2-8-20-42)38-53(56)44-21-9-3-10-22-44)50-34-35-52-51-27-15-16-28-55(51)60(58(52)40-50)57-39-47-26-14-13-25-46(47)37-54(57)45-23-11-4-12-24-45/h1-40H. The van der Waals surface area contributed by atoms with E-state index in [1.807, 2.05) is 0 Å². The molecule has 0 unspecified atom stereocenters. The predicted molar refractivity (Wildman–Crippen MR) is 255 cm³/mol. The molecule has 1 aromatic heterocycles. The summed E-state index contributed by atoms with van der Waals surface area (Å²) in [6, 6.07) is 88.0. The van der Waals surface area contributed by atoms with Crippen molar-refractivity contribution in [2.24, 2.45) is 0 Å².